The van der Waals surface area contributed by atoms with Crippen molar-refractivity contribution in [3.05, 3.63) is 33.9 Å². The third-order valence-corrected chi connectivity index (χ3v) is 5.73. The minimum absolute atomic E-state index is 0.00244. The molecule has 0 radical (unpaired) electrons. The number of benzene rings is 1. The Bertz CT molecular complexity index is 784. The molecule has 0 aromatic heterocycles. The average Bonchev–Trinajstić information content (AvgIpc) is 2.73. The van der Waals surface area contributed by atoms with E-state index in [1.807, 2.05) is 18.7 Å². The molecule has 0 aliphatic carbocycles. The number of hydrogen-bond donors (Lipinski definition) is 2. The third kappa shape index (κ3) is 5.47. The van der Waals surface area contributed by atoms with Crippen LogP contribution in [0.15, 0.2) is 18.2 Å². The van der Waals surface area contributed by atoms with Crippen LogP contribution < -0.4 is 15.1 Å². The van der Waals surface area contributed by atoms with Gasteiger partial charge in [-0.3, -0.25) is 19.7 Å². The number of hydrogen-bond acceptors (Lipinski definition) is 5. The molecule has 2 aliphatic heterocycles. The van der Waals surface area contributed by atoms with Crippen LogP contribution in [0.3, 0.4) is 0 Å². The fraction of sp³-hybridized carbons (Fsp3) is 0.619. The summed E-state index contributed by atoms with van der Waals surface area (Å²) in [5.74, 6) is -0.169. The summed E-state index contributed by atoms with van der Waals surface area (Å²) in [5.41, 5.74) is 0.947. The van der Waals surface area contributed by atoms with Crippen molar-refractivity contribution in [3.63, 3.8) is 0 Å². The number of nitrogens with one attached hydrogen (secondary N) is 2. The maximum atomic E-state index is 12.9. The first-order valence-electron chi connectivity index (χ1n) is 10.8. The highest BCUT2D eigenvalue weighted by molar-refractivity contribution is 5.96. The van der Waals surface area contributed by atoms with Crippen LogP contribution in [0.25, 0.3) is 0 Å². The molecule has 0 unspecified atom stereocenters. The monoisotopic (exact) mass is 418 g/mol. The van der Waals surface area contributed by atoms with Crippen LogP contribution in [0.4, 0.5) is 11.4 Å². The highest BCUT2D eigenvalue weighted by atomic mass is 16.6. The fourth-order valence-corrected chi connectivity index (χ4v) is 4.19. The first-order valence-corrected chi connectivity index (χ1v) is 10.8. The van der Waals surface area contributed by atoms with Gasteiger partial charge in [-0.15, -0.1) is 0 Å². The van der Waals surface area contributed by atoms with Crippen molar-refractivity contribution < 1.29 is 19.4 Å². The molecule has 164 valence electrons. The predicted octanol–water partition coefficient (Wildman–Crippen LogP) is 0.450. The Morgan fingerprint density at radius 1 is 1.13 bits per heavy atom. The van der Waals surface area contributed by atoms with Crippen molar-refractivity contribution in [2.45, 2.75) is 39.2 Å². The summed E-state index contributed by atoms with van der Waals surface area (Å²) < 4.78 is 0. The highest BCUT2D eigenvalue weighted by Gasteiger charge is 2.28. The quantitative estimate of drug-likeness (QED) is 0.516. The van der Waals surface area contributed by atoms with E-state index in [-0.39, 0.29) is 23.5 Å². The molecule has 1 aromatic carbocycles. The van der Waals surface area contributed by atoms with E-state index in [1.165, 1.54) is 6.07 Å². The van der Waals surface area contributed by atoms with Crippen molar-refractivity contribution in [1.29, 1.82) is 0 Å². The molecule has 0 spiro atoms. The zero-order valence-corrected chi connectivity index (χ0v) is 17.9. The molecule has 0 saturated carbocycles. The van der Waals surface area contributed by atoms with E-state index in [9.17, 15) is 19.7 Å². The van der Waals surface area contributed by atoms with Crippen molar-refractivity contribution in [2.75, 3.05) is 50.7 Å². The largest absolute Gasteiger partial charge is 0.366 e. The van der Waals surface area contributed by atoms with E-state index in [0.717, 1.165) is 37.3 Å². The van der Waals surface area contributed by atoms with Gasteiger partial charge >= 0.3 is 0 Å². The predicted molar refractivity (Wildman–Crippen MR) is 114 cm³/mol. The van der Waals surface area contributed by atoms with Crippen LogP contribution in [-0.2, 0) is 4.79 Å². The Kier molecular flexibility index (Phi) is 7.25. The number of quaternary nitrogens is 1. The van der Waals surface area contributed by atoms with E-state index in [1.54, 1.807) is 17.0 Å². The molecule has 9 heteroatoms. The molecule has 0 atom stereocenters. The third-order valence-electron chi connectivity index (χ3n) is 5.73. The Balaban J connectivity index is 1.63. The fourth-order valence-electron chi connectivity index (χ4n) is 4.19. The van der Waals surface area contributed by atoms with Crippen LogP contribution in [0.5, 0.6) is 0 Å². The van der Waals surface area contributed by atoms with Gasteiger partial charge in [0, 0.05) is 30.8 Å². The van der Waals surface area contributed by atoms with Gasteiger partial charge in [0.05, 0.1) is 31.1 Å². The molecule has 2 amide bonds. The maximum absolute atomic E-state index is 12.9. The van der Waals surface area contributed by atoms with E-state index in [2.05, 4.69) is 5.32 Å². The first kappa shape index (κ1) is 22.0. The van der Waals surface area contributed by atoms with Gasteiger partial charge in [-0.05, 0) is 45.2 Å². The lowest BCUT2D eigenvalue weighted by Gasteiger charge is -2.32. The van der Waals surface area contributed by atoms with E-state index in [4.69, 9.17) is 0 Å². The molecule has 1 aromatic rings. The summed E-state index contributed by atoms with van der Waals surface area (Å²) in [6, 6.07) is 4.95. The van der Waals surface area contributed by atoms with E-state index >= 15 is 0 Å². The van der Waals surface area contributed by atoms with Gasteiger partial charge < -0.3 is 20.0 Å². The number of anilines is 1. The number of nitro groups is 1. The SMILES string of the molecule is CC(C)NC(=O)C[NH+]1CCN(C(=O)c2ccc(N3CCCCC3)c([N+](=O)[O-])c2)CC1. The Morgan fingerprint density at radius 3 is 2.40 bits per heavy atom. The number of piperazine rings is 1. The summed E-state index contributed by atoms with van der Waals surface area (Å²) in [5, 5.41) is 14.5. The normalized spacial score (nSPS) is 17.8. The molecule has 2 fully saturated rings. The van der Waals surface area contributed by atoms with Crippen molar-refractivity contribution in [2.24, 2.45) is 0 Å². The Morgan fingerprint density at radius 2 is 1.80 bits per heavy atom. The lowest BCUT2D eigenvalue weighted by molar-refractivity contribution is -0.896. The minimum Gasteiger partial charge on any atom is -0.366 e. The summed E-state index contributed by atoms with van der Waals surface area (Å²) in [7, 11) is 0. The first-order chi connectivity index (χ1) is 14.3. The summed E-state index contributed by atoms with van der Waals surface area (Å²) >= 11 is 0. The van der Waals surface area contributed by atoms with Crippen LogP contribution in [-0.4, -0.2) is 73.5 Å². The summed E-state index contributed by atoms with van der Waals surface area (Å²) in [6.07, 6.45) is 3.20. The van der Waals surface area contributed by atoms with Gasteiger partial charge in [-0.2, -0.15) is 0 Å². The highest BCUT2D eigenvalue weighted by Crippen LogP contribution is 2.31. The molecule has 2 heterocycles. The smallest absolute Gasteiger partial charge is 0.293 e. The topological polar surface area (TPSA) is 100 Å². The molecular formula is C21H32N5O4+. The van der Waals surface area contributed by atoms with Crippen molar-refractivity contribution in [3.8, 4) is 0 Å². The number of carbonyl (C=O) groups excluding carboxylic acids is 2. The van der Waals surface area contributed by atoms with Crippen LogP contribution in [0.1, 0.15) is 43.5 Å². The zero-order chi connectivity index (χ0) is 21.7. The zero-order valence-electron chi connectivity index (χ0n) is 17.9. The van der Waals surface area contributed by atoms with Gasteiger partial charge in [0.1, 0.15) is 5.69 Å². The number of rotatable bonds is 6. The second-order valence-corrected chi connectivity index (χ2v) is 8.45. The summed E-state index contributed by atoms with van der Waals surface area (Å²) in [4.78, 5) is 41.0. The van der Waals surface area contributed by atoms with Crippen LogP contribution in [0, 0.1) is 10.1 Å². The molecular weight excluding hydrogens is 386 g/mol. The van der Waals surface area contributed by atoms with Crippen LogP contribution in [0.2, 0.25) is 0 Å². The van der Waals surface area contributed by atoms with Gasteiger partial charge in [0.2, 0.25) is 0 Å². The average molecular weight is 419 g/mol. The lowest BCUT2D eigenvalue weighted by atomic mass is 10.1. The Labute approximate surface area is 177 Å². The molecule has 0 bridgehead atoms. The number of nitrogens with zero attached hydrogens (tertiary/aromatic N) is 3. The van der Waals surface area contributed by atoms with Gasteiger partial charge in [0.15, 0.2) is 6.54 Å². The van der Waals surface area contributed by atoms with Gasteiger partial charge in [0.25, 0.3) is 17.5 Å². The molecule has 2 saturated heterocycles. The number of nitro benzene ring substituents is 1. The standard InChI is InChI=1S/C21H31N5O4/c1-16(2)22-20(27)15-23-10-12-25(13-11-23)21(28)17-6-7-18(19(14-17)26(29)30)24-8-4-3-5-9-24/h6-7,14,16H,3-5,8-13,15H2,1-2H3,(H,22,27)/p+1. The number of piperidine rings is 1. The Hall–Kier alpha value is -2.68. The van der Waals surface area contributed by atoms with Crippen molar-refractivity contribution >= 4 is 23.2 Å². The molecule has 3 rings (SSSR count). The molecule has 9 nitrogen and oxygen atoms in total. The van der Waals surface area contributed by atoms with Gasteiger partial charge in [-0.25, -0.2) is 0 Å². The van der Waals surface area contributed by atoms with Gasteiger partial charge in [-0.1, -0.05) is 0 Å². The molecule has 30 heavy (non-hydrogen) atoms. The second-order valence-electron chi connectivity index (χ2n) is 8.45. The second kappa shape index (κ2) is 9.88. The van der Waals surface area contributed by atoms with E-state index < -0.39 is 4.92 Å². The summed E-state index contributed by atoms with van der Waals surface area (Å²) in [6.45, 7) is 8.31. The molecule has 2 N–H and O–H groups in total. The lowest BCUT2D eigenvalue weighted by Crippen LogP contribution is -3.15. The number of carbonyl (C=O) groups is 2. The van der Waals surface area contributed by atoms with E-state index in [0.29, 0.717) is 44.0 Å². The maximum Gasteiger partial charge on any atom is 0.293 e. The minimum atomic E-state index is -0.393. The molecule has 2 aliphatic rings. The van der Waals surface area contributed by atoms with Crippen LogP contribution >= 0.6 is 0 Å². The van der Waals surface area contributed by atoms with Crippen molar-refractivity contribution in [1.82, 2.24) is 10.2 Å². The number of amides is 2.